The first kappa shape index (κ1) is 22.3. The van der Waals surface area contributed by atoms with Gasteiger partial charge in [-0.15, -0.1) is 0 Å². The third-order valence-electron chi connectivity index (χ3n) is 5.13. The fourth-order valence-electron chi connectivity index (χ4n) is 3.45. The summed E-state index contributed by atoms with van der Waals surface area (Å²) in [5.74, 6) is 0.764. The largest absolute Gasteiger partial charge is 0.370 e. The lowest BCUT2D eigenvalue weighted by Gasteiger charge is -2.12. The van der Waals surface area contributed by atoms with E-state index in [2.05, 4.69) is 15.1 Å². The average molecular weight is 468 g/mol. The van der Waals surface area contributed by atoms with Gasteiger partial charge in [0.25, 0.3) is 0 Å². The van der Waals surface area contributed by atoms with Crippen molar-refractivity contribution in [3.05, 3.63) is 71.4 Å². The molecule has 0 aliphatic carbocycles. The van der Waals surface area contributed by atoms with Crippen molar-refractivity contribution in [2.45, 2.75) is 18.2 Å². The Bertz CT molecular complexity index is 1370. The van der Waals surface area contributed by atoms with Gasteiger partial charge in [0.15, 0.2) is 5.65 Å². The summed E-state index contributed by atoms with van der Waals surface area (Å²) in [6.07, 6.45) is 2.36. The summed E-state index contributed by atoms with van der Waals surface area (Å²) < 4.78 is 29.5. The highest BCUT2D eigenvalue weighted by Gasteiger charge is 2.16. The molecule has 0 amide bonds. The summed E-state index contributed by atoms with van der Waals surface area (Å²) in [5.41, 5.74) is 4.00. The number of halogens is 1. The van der Waals surface area contributed by atoms with E-state index in [1.54, 1.807) is 35.8 Å². The van der Waals surface area contributed by atoms with Crippen LogP contribution in [-0.4, -0.2) is 44.0 Å². The second-order valence-electron chi connectivity index (χ2n) is 7.51. The van der Waals surface area contributed by atoms with Crippen LogP contribution in [0, 0.1) is 6.92 Å². The quantitative estimate of drug-likeness (QED) is 0.307. The number of anilines is 1. The summed E-state index contributed by atoms with van der Waals surface area (Å²) in [7, 11) is -1.58. The van der Waals surface area contributed by atoms with E-state index >= 15 is 0 Å². The summed E-state index contributed by atoms with van der Waals surface area (Å²) >= 11 is 6.38. The Morgan fingerprint density at radius 2 is 1.84 bits per heavy atom. The summed E-state index contributed by atoms with van der Waals surface area (Å²) in [6.45, 7) is 2.65. The van der Waals surface area contributed by atoms with E-state index < -0.39 is 10.0 Å². The minimum atomic E-state index is -3.53. The Morgan fingerprint density at radius 3 is 2.62 bits per heavy atom. The molecular weight excluding hydrogens is 445 g/mol. The molecule has 10 heteroatoms. The van der Waals surface area contributed by atoms with E-state index in [9.17, 15) is 8.42 Å². The van der Waals surface area contributed by atoms with Crippen LogP contribution in [-0.2, 0) is 10.0 Å². The molecule has 0 aliphatic rings. The standard InChI is InChI=1S/C22H23BClN5O2S/c1-15-7-2-5-10-20(15)32(30,31)27-12-6-11-25-21-13-19(16-8-3-4-9-18(16)24)28-22-17(23)14-26-29(21)22/h2-5,7-10,13-14,25,27H,6,11-12,23H2,1H3. The molecule has 2 aromatic carbocycles. The Morgan fingerprint density at radius 1 is 1.09 bits per heavy atom. The second kappa shape index (κ2) is 9.32. The van der Waals surface area contributed by atoms with Gasteiger partial charge in [0.05, 0.1) is 10.6 Å². The first-order valence-electron chi connectivity index (χ1n) is 10.3. The van der Waals surface area contributed by atoms with E-state index in [1.807, 2.05) is 44.2 Å². The molecule has 0 radical (unpaired) electrons. The molecular formula is C22H23BClN5O2S. The Kier molecular flexibility index (Phi) is 6.50. The van der Waals surface area contributed by atoms with Gasteiger partial charge in [-0.1, -0.05) is 48.0 Å². The molecule has 7 nitrogen and oxygen atoms in total. The van der Waals surface area contributed by atoms with Crippen molar-refractivity contribution >= 4 is 46.4 Å². The molecule has 4 rings (SSSR count). The van der Waals surface area contributed by atoms with Gasteiger partial charge in [-0.05, 0) is 36.5 Å². The maximum absolute atomic E-state index is 12.5. The van der Waals surface area contributed by atoms with Crippen molar-refractivity contribution in [1.29, 1.82) is 0 Å². The predicted octanol–water partition coefficient (Wildman–Crippen LogP) is 2.40. The van der Waals surface area contributed by atoms with E-state index in [4.69, 9.17) is 16.6 Å². The SMILES string of the molecule is Bc1cnn2c(NCCCNS(=O)(=O)c3ccccc3C)cc(-c3ccccc3Cl)nc12. The number of sulfonamides is 1. The van der Waals surface area contributed by atoms with Crippen LogP contribution >= 0.6 is 11.6 Å². The van der Waals surface area contributed by atoms with Gasteiger partial charge in [-0.25, -0.2) is 18.1 Å². The number of nitrogens with zero attached hydrogens (tertiary/aromatic N) is 3. The number of aromatic nitrogens is 3. The Balaban J connectivity index is 1.47. The van der Waals surface area contributed by atoms with Crippen LogP contribution in [0.1, 0.15) is 12.0 Å². The zero-order chi connectivity index (χ0) is 22.7. The van der Waals surface area contributed by atoms with Crippen molar-refractivity contribution in [1.82, 2.24) is 19.3 Å². The summed E-state index contributed by atoms with van der Waals surface area (Å²) in [5, 5.41) is 8.38. The monoisotopic (exact) mass is 467 g/mol. The van der Waals surface area contributed by atoms with Gasteiger partial charge in [-0.2, -0.15) is 9.61 Å². The average Bonchev–Trinajstić information content (AvgIpc) is 3.15. The zero-order valence-corrected chi connectivity index (χ0v) is 19.4. The zero-order valence-electron chi connectivity index (χ0n) is 17.8. The van der Waals surface area contributed by atoms with Crippen LogP contribution in [0.15, 0.2) is 65.7 Å². The van der Waals surface area contributed by atoms with Crippen molar-refractivity contribution in [2.24, 2.45) is 0 Å². The molecule has 0 unspecified atom stereocenters. The molecule has 0 spiro atoms. The molecule has 0 bridgehead atoms. The molecule has 164 valence electrons. The molecule has 2 aromatic heterocycles. The van der Waals surface area contributed by atoms with Crippen LogP contribution in [0.3, 0.4) is 0 Å². The summed E-state index contributed by atoms with van der Waals surface area (Å²) in [4.78, 5) is 5.04. The van der Waals surface area contributed by atoms with Crippen LogP contribution in [0.2, 0.25) is 5.02 Å². The molecule has 0 fully saturated rings. The fourth-order valence-corrected chi connectivity index (χ4v) is 5.00. The third-order valence-corrected chi connectivity index (χ3v) is 7.08. The van der Waals surface area contributed by atoms with Crippen LogP contribution < -0.4 is 15.5 Å². The van der Waals surface area contributed by atoms with Crippen molar-refractivity contribution in [3.8, 4) is 11.3 Å². The van der Waals surface area contributed by atoms with Crippen LogP contribution in [0.4, 0.5) is 5.82 Å². The predicted molar refractivity (Wildman–Crippen MR) is 131 cm³/mol. The number of hydrogen-bond acceptors (Lipinski definition) is 5. The highest BCUT2D eigenvalue weighted by molar-refractivity contribution is 7.89. The maximum atomic E-state index is 12.5. The smallest absolute Gasteiger partial charge is 0.240 e. The van der Waals surface area contributed by atoms with Gasteiger partial charge in [0, 0.05) is 35.9 Å². The fraction of sp³-hybridized carbons (Fsp3) is 0.182. The number of nitrogens with one attached hydrogen (secondary N) is 2. The van der Waals surface area contributed by atoms with Crippen molar-refractivity contribution in [3.63, 3.8) is 0 Å². The van der Waals surface area contributed by atoms with Gasteiger partial charge >= 0.3 is 0 Å². The van der Waals surface area contributed by atoms with Gasteiger partial charge < -0.3 is 5.32 Å². The van der Waals surface area contributed by atoms with Crippen LogP contribution in [0.25, 0.3) is 16.9 Å². The van der Waals surface area contributed by atoms with Crippen molar-refractivity contribution in [2.75, 3.05) is 18.4 Å². The molecule has 32 heavy (non-hydrogen) atoms. The van der Waals surface area contributed by atoms with E-state index in [0.29, 0.717) is 29.4 Å². The first-order chi connectivity index (χ1) is 15.4. The highest BCUT2D eigenvalue weighted by Crippen LogP contribution is 2.28. The second-order valence-corrected chi connectivity index (χ2v) is 9.66. The number of hydrogen-bond donors (Lipinski definition) is 2. The molecule has 2 N–H and O–H groups in total. The molecule has 4 aromatic rings. The Labute approximate surface area is 193 Å². The number of aryl methyl sites for hydroxylation is 1. The minimum Gasteiger partial charge on any atom is -0.370 e. The lowest BCUT2D eigenvalue weighted by Crippen LogP contribution is -2.26. The van der Waals surface area contributed by atoms with E-state index in [0.717, 1.165) is 33.7 Å². The number of benzene rings is 2. The van der Waals surface area contributed by atoms with Gasteiger partial charge in [0.1, 0.15) is 13.7 Å². The normalized spacial score (nSPS) is 11.7. The molecule has 0 atom stereocenters. The highest BCUT2D eigenvalue weighted by atomic mass is 35.5. The molecule has 0 saturated carbocycles. The van der Waals surface area contributed by atoms with Crippen molar-refractivity contribution < 1.29 is 8.42 Å². The lowest BCUT2D eigenvalue weighted by molar-refractivity contribution is 0.579. The number of rotatable bonds is 8. The lowest BCUT2D eigenvalue weighted by atomic mass is 10.0. The van der Waals surface area contributed by atoms with Crippen LogP contribution in [0.5, 0.6) is 0 Å². The number of fused-ring (bicyclic) bond motifs is 1. The maximum Gasteiger partial charge on any atom is 0.240 e. The third kappa shape index (κ3) is 4.65. The first-order valence-corrected chi connectivity index (χ1v) is 12.1. The van der Waals surface area contributed by atoms with E-state index in [-0.39, 0.29) is 0 Å². The van der Waals surface area contributed by atoms with Gasteiger partial charge in [-0.3, -0.25) is 0 Å². The topological polar surface area (TPSA) is 88.4 Å². The summed E-state index contributed by atoms with van der Waals surface area (Å²) in [6, 6.07) is 16.4. The molecule has 0 aliphatic heterocycles. The Hall–Kier alpha value is -2.88. The molecule has 0 saturated heterocycles. The minimum absolute atomic E-state index is 0.306. The van der Waals surface area contributed by atoms with E-state index in [1.165, 1.54) is 0 Å². The molecule has 2 heterocycles. The van der Waals surface area contributed by atoms with Gasteiger partial charge in [0.2, 0.25) is 10.0 Å².